The van der Waals surface area contributed by atoms with Crippen molar-refractivity contribution >= 4 is 11.8 Å². The Bertz CT molecular complexity index is 265. The lowest BCUT2D eigenvalue weighted by Gasteiger charge is -2.37. The summed E-state index contributed by atoms with van der Waals surface area (Å²) in [6.07, 6.45) is 2.98. The van der Waals surface area contributed by atoms with Crippen molar-refractivity contribution in [1.82, 2.24) is 4.90 Å². The molecule has 0 aromatic carbocycles. The van der Waals surface area contributed by atoms with Gasteiger partial charge in [0.2, 0.25) is 0 Å². The molecule has 0 saturated carbocycles. The minimum atomic E-state index is -0.311. The average Bonchev–Trinajstić information content (AvgIpc) is 2.28. The Kier molecular flexibility index (Phi) is 4.93. The molecule has 1 heterocycles. The predicted molar refractivity (Wildman–Crippen MR) is 61.1 cm³/mol. The monoisotopic (exact) mass is 227 g/mol. The van der Waals surface area contributed by atoms with E-state index in [1.165, 1.54) is 0 Å². The first kappa shape index (κ1) is 13.2. The Labute approximate surface area is 96.9 Å². The lowest BCUT2D eigenvalue weighted by Crippen LogP contribution is -2.51. The second kappa shape index (κ2) is 5.99. The summed E-state index contributed by atoms with van der Waals surface area (Å²) in [4.78, 5) is 25.1. The zero-order chi connectivity index (χ0) is 12.1. The quantitative estimate of drug-likeness (QED) is 0.681. The van der Waals surface area contributed by atoms with Crippen LogP contribution in [-0.4, -0.2) is 41.9 Å². The number of nitrogens with zero attached hydrogens (tertiary/aromatic N) is 1. The fourth-order valence-electron chi connectivity index (χ4n) is 2.25. The smallest absolute Gasteiger partial charge is 0.323 e. The van der Waals surface area contributed by atoms with Gasteiger partial charge in [-0.3, -0.25) is 14.5 Å². The van der Waals surface area contributed by atoms with Gasteiger partial charge in [-0.15, -0.1) is 0 Å². The van der Waals surface area contributed by atoms with E-state index in [-0.39, 0.29) is 23.8 Å². The minimum absolute atomic E-state index is 0.104. The summed E-state index contributed by atoms with van der Waals surface area (Å²) in [6.45, 7) is 6.41. The van der Waals surface area contributed by atoms with Crippen molar-refractivity contribution in [3.63, 3.8) is 0 Å². The van der Waals surface area contributed by atoms with Crippen molar-refractivity contribution in [2.24, 2.45) is 0 Å². The van der Waals surface area contributed by atoms with Crippen LogP contribution in [0.5, 0.6) is 0 Å². The van der Waals surface area contributed by atoms with Crippen molar-refractivity contribution in [3.8, 4) is 0 Å². The molecule has 0 aromatic rings. The van der Waals surface area contributed by atoms with Gasteiger partial charge in [-0.2, -0.15) is 0 Å². The lowest BCUT2D eigenvalue weighted by atomic mass is 9.97. The standard InChI is InChI=1S/C12H21NO3/c1-4-16-12(15)9(2)13-8-6-5-7-11(13)10(3)14/h9,11H,4-8H2,1-3H3. The zero-order valence-electron chi connectivity index (χ0n) is 10.4. The van der Waals surface area contributed by atoms with E-state index in [0.29, 0.717) is 6.61 Å². The van der Waals surface area contributed by atoms with Gasteiger partial charge < -0.3 is 4.74 Å². The highest BCUT2D eigenvalue weighted by atomic mass is 16.5. The fraction of sp³-hybridized carbons (Fsp3) is 0.833. The van der Waals surface area contributed by atoms with Gasteiger partial charge in [-0.05, 0) is 40.2 Å². The molecule has 1 aliphatic heterocycles. The SMILES string of the molecule is CCOC(=O)C(C)N1CCCCC1C(C)=O. The summed E-state index contributed by atoms with van der Waals surface area (Å²) in [5.74, 6) is -0.0773. The third kappa shape index (κ3) is 3.04. The van der Waals surface area contributed by atoms with Crippen molar-refractivity contribution in [2.45, 2.75) is 52.1 Å². The number of esters is 1. The van der Waals surface area contributed by atoms with E-state index in [4.69, 9.17) is 4.74 Å². The van der Waals surface area contributed by atoms with Crippen LogP contribution >= 0.6 is 0 Å². The van der Waals surface area contributed by atoms with Crippen LogP contribution in [-0.2, 0) is 14.3 Å². The molecule has 0 aromatic heterocycles. The third-order valence-corrected chi connectivity index (χ3v) is 3.14. The van der Waals surface area contributed by atoms with Crippen LogP contribution in [0.1, 0.15) is 40.0 Å². The van der Waals surface area contributed by atoms with Gasteiger partial charge in [0, 0.05) is 0 Å². The van der Waals surface area contributed by atoms with Crippen molar-refractivity contribution in [2.75, 3.05) is 13.2 Å². The van der Waals surface area contributed by atoms with Crippen LogP contribution in [0.4, 0.5) is 0 Å². The Morgan fingerprint density at radius 3 is 2.69 bits per heavy atom. The Morgan fingerprint density at radius 2 is 2.12 bits per heavy atom. The van der Waals surface area contributed by atoms with Crippen LogP contribution in [0.15, 0.2) is 0 Å². The maximum absolute atomic E-state index is 11.6. The van der Waals surface area contributed by atoms with Crippen molar-refractivity contribution < 1.29 is 14.3 Å². The topological polar surface area (TPSA) is 46.6 Å². The molecule has 1 rings (SSSR count). The van der Waals surface area contributed by atoms with Crippen LogP contribution in [0.3, 0.4) is 0 Å². The van der Waals surface area contributed by atoms with Crippen molar-refractivity contribution in [3.05, 3.63) is 0 Å². The molecular formula is C12H21NO3. The molecule has 1 fully saturated rings. The molecule has 1 saturated heterocycles. The molecule has 4 heteroatoms. The number of carbonyl (C=O) groups is 2. The first-order valence-electron chi connectivity index (χ1n) is 6.00. The molecule has 1 aliphatic rings. The van der Waals surface area contributed by atoms with E-state index >= 15 is 0 Å². The summed E-state index contributed by atoms with van der Waals surface area (Å²) in [7, 11) is 0. The molecule has 16 heavy (non-hydrogen) atoms. The highest BCUT2D eigenvalue weighted by Crippen LogP contribution is 2.20. The maximum atomic E-state index is 11.6. The highest BCUT2D eigenvalue weighted by molar-refractivity contribution is 5.83. The molecule has 0 N–H and O–H groups in total. The number of likely N-dealkylation sites (tertiary alicyclic amines) is 1. The number of piperidine rings is 1. The largest absolute Gasteiger partial charge is 0.465 e. The normalized spacial score (nSPS) is 23.8. The predicted octanol–water partition coefficient (Wildman–Crippen LogP) is 1.38. The Balaban J connectivity index is 2.67. The molecule has 0 radical (unpaired) electrons. The van der Waals surface area contributed by atoms with Crippen LogP contribution in [0.25, 0.3) is 0 Å². The number of ether oxygens (including phenoxy) is 1. The summed E-state index contributed by atoms with van der Waals surface area (Å²) < 4.78 is 4.99. The Hall–Kier alpha value is -0.900. The summed E-state index contributed by atoms with van der Waals surface area (Å²) in [5.41, 5.74) is 0. The molecule has 2 unspecified atom stereocenters. The van der Waals surface area contributed by atoms with Gasteiger partial charge in [0.1, 0.15) is 11.8 Å². The molecule has 92 valence electrons. The number of hydrogen-bond acceptors (Lipinski definition) is 4. The van der Waals surface area contributed by atoms with Gasteiger partial charge in [0.15, 0.2) is 0 Å². The zero-order valence-corrected chi connectivity index (χ0v) is 10.4. The first-order valence-corrected chi connectivity index (χ1v) is 6.00. The molecule has 0 amide bonds. The summed E-state index contributed by atoms with van der Waals surface area (Å²) in [5, 5.41) is 0. The van der Waals surface area contributed by atoms with Gasteiger partial charge in [-0.1, -0.05) is 6.42 Å². The number of ketones is 1. The van der Waals surface area contributed by atoms with E-state index in [1.54, 1.807) is 13.8 Å². The number of Topliss-reactive ketones (excluding diaryl/α,β-unsaturated/α-hetero) is 1. The Morgan fingerprint density at radius 1 is 1.44 bits per heavy atom. The van der Waals surface area contributed by atoms with Gasteiger partial charge in [-0.25, -0.2) is 0 Å². The van der Waals surface area contributed by atoms with Gasteiger partial charge in [0.05, 0.1) is 12.6 Å². The highest BCUT2D eigenvalue weighted by Gasteiger charge is 2.33. The first-order chi connectivity index (χ1) is 7.57. The van der Waals surface area contributed by atoms with Gasteiger partial charge >= 0.3 is 5.97 Å². The second-order valence-electron chi connectivity index (χ2n) is 4.29. The van der Waals surface area contributed by atoms with E-state index in [0.717, 1.165) is 25.8 Å². The maximum Gasteiger partial charge on any atom is 0.323 e. The molecule has 0 bridgehead atoms. The average molecular weight is 227 g/mol. The molecule has 0 aliphatic carbocycles. The molecule has 0 spiro atoms. The number of rotatable bonds is 4. The fourth-order valence-corrected chi connectivity index (χ4v) is 2.25. The van der Waals surface area contributed by atoms with E-state index in [1.807, 2.05) is 11.8 Å². The van der Waals surface area contributed by atoms with E-state index in [9.17, 15) is 9.59 Å². The number of hydrogen-bond donors (Lipinski definition) is 0. The lowest BCUT2D eigenvalue weighted by molar-refractivity contribution is -0.151. The number of carbonyl (C=O) groups excluding carboxylic acids is 2. The van der Waals surface area contributed by atoms with E-state index in [2.05, 4.69) is 0 Å². The van der Waals surface area contributed by atoms with E-state index < -0.39 is 0 Å². The summed E-state index contributed by atoms with van der Waals surface area (Å²) in [6, 6.07) is -0.415. The van der Waals surface area contributed by atoms with Crippen molar-refractivity contribution in [1.29, 1.82) is 0 Å². The van der Waals surface area contributed by atoms with Crippen LogP contribution in [0.2, 0.25) is 0 Å². The second-order valence-corrected chi connectivity index (χ2v) is 4.29. The van der Waals surface area contributed by atoms with Crippen LogP contribution in [0, 0.1) is 0 Å². The molecular weight excluding hydrogens is 206 g/mol. The van der Waals surface area contributed by atoms with Crippen LogP contribution < -0.4 is 0 Å². The minimum Gasteiger partial charge on any atom is -0.465 e. The third-order valence-electron chi connectivity index (χ3n) is 3.14. The summed E-state index contributed by atoms with van der Waals surface area (Å²) >= 11 is 0. The molecule has 4 nitrogen and oxygen atoms in total. The molecule has 2 atom stereocenters. The van der Waals surface area contributed by atoms with Gasteiger partial charge in [0.25, 0.3) is 0 Å².